The van der Waals surface area contributed by atoms with E-state index in [9.17, 15) is 14.7 Å². The van der Waals surface area contributed by atoms with Crippen molar-refractivity contribution < 1.29 is 19.8 Å². The molecule has 0 spiro atoms. The van der Waals surface area contributed by atoms with Crippen LogP contribution < -0.4 is 0 Å². The van der Waals surface area contributed by atoms with Gasteiger partial charge in [0.1, 0.15) is 0 Å². The number of nitrogens with zero attached hydrogens (tertiary/aromatic N) is 2. The molecule has 130 valence electrons. The van der Waals surface area contributed by atoms with Gasteiger partial charge in [-0.1, -0.05) is 30.3 Å². The molecular formula is C19H20N2O4. The Bertz CT molecular complexity index is 854. The quantitative estimate of drug-likeness (QED) is 0.835. The Kier molecular flexibility index (Phi) is 4.22. The van der Waals surface area contributed by atoms with Gasteiger partial charge in [-0.05, 0) is 31.7 Å². The van der Waals surface area contributed by atoms with Crippen LogP contribution >= 0.6 is 0 Å². The van der Waals surface area contributed by atoms with Crippen molar-refractivity contribution in [2.24, 2.45) is 0 Å². The highest BCUT2D eigenvalue weighted by atomic mass is 16.4. The van der Waals surface area contributed by atoms with Gasteiger partial charge in [-0.15, -0.1) is 0 Å². The van der Waals surface area contributed by atoms with Gasteiger partial charge in [-0.3, -0.25) is 4.90 Å². The minimum Gasteiger partial charge on any atom is -0.478 e. The SMILES string of the molecule is CN1CCn2c(-c3ccccc3)ccc2C1(C)C(=CC(=O)O)C(=O)O. The van der Waals surface area contributed by atoms with Crippen LogP contribution in [0.1, 0.15) is 12.6 Å². The topological polar surface area (TPSA) is 82.8 Å². The summed E-state index contributed by atoms with van der Waals surface area (Å²) in [5.41, 5.74) is 1.63. The zero-order valence-electron chi connectivity index (χ0n) is 14.1. The van der Waals surface area contributed by atoms with E-state index in [1.807, 2.05) is 54.4 Å². The normalized spacial score (nSPS) is 21.0. The Hall–Kier alpha value is -2.86. The van der Waals surface area contributed by atoms with Crippen molar-refractivity contribution in [2.75, 3.05) is 13.6 Å². The van der Waals surface area contributed by atoms with Crippen molar-refractivity contribution in [2.45, 2.75) is 19.0 Å². The number of fused-ring (bicyclic) bond motifs is 1. The molecule has 0 amide bonds. The van der Waals surface area contributed by atoms with Gasteiger partial charge in [0.05, 0.1) is 11.1 Å². The second-order valence-corrected chi connectivity index (χ2v) is 6.32. The monoisotopic (exact) mass is 340 g/mol. The number of aromatic nitrogens is 1. The highest BCUT2D eigenvalue weighted by molar-refractivity contribution is 5.96. The Morgan fingerprint density at radius 3 is 2.36 bits per heavy atom. The molecule has 0 bridgehead atoms. The Morgan fingerprint density at radius 2 is 1.76 bits per heavy atom. The van der Waals surface area contributed by atoms with Gasteiger partial charge in [0.2, 0.25) is 0 Å². The second kappa shape index (κ2) is 6.22. The summed E-state index contributed by atoms with van der Waals surface area (Å²) in [6.07, 6.45) is 0.795. The third-order valence-corrected chi connectivity index (χ3v) is 4.99. The Balaban J connectivity index is 2.20. The Morgan fingerprint density at radius 1 is 1.08 bits per heavy atom. The van der Waals surface area contributed by atoms with Crippen LogP contribution in [0.25, 0.3) is 11.3 Å². The summed E-state index contributed by atoms with van der Waals surface area (Å²) in [6, 6.07) is 13.7. The molecule has 0 aliphatic carbocycles. The van der Waals surface area contributed by atoms with Crippen molar-refractivity contribution in [3.63, 3.8) is 0 Å². The Labute approximate surface area is 145 Å². The van der Waals surface area contributed by atoms with Crippen molar-refractivity contribution in [3.05, 3.63) is 59.8 Å². The average Bonchev–Trinajstić information content (AvgIpc) is 3.01. The van der Waals surface area contributed by atoms with Gasteiger partial charge in [-0.2, -0.15) is 0 Å². The van der Waals surface area contributed by atoms with E-state index in [-0.39, 0.29) is 5.57 Å². The van der Waals surface area contributed by atoms with Crippen LogP contribution in [0.4, 0.5) is 0 Å². The highest BCUT2D eigenvalue weighted by Gasteiger charge is 2.44. The lowest BCUT2D eigenvalue weighted by Gasteiger charge is -2.44. The molecule has 2 heterocycles. The highest BCUT2D eigenvalue weighted by Crippen LogP contribution is 2.40. The summed E-state index contributed by atoms with van der Waals surface area (Å²) in [4.78, 5) is 24.9. The summed E-state index contributed by atoms with van der Waals surface area (Å²) < 4.78 is 2.08. The number of carboxylic acids is 2. The lowest BCUT2D eigenvalue weighted by atomic mass is 9.84. The number of carboxylic acid groups (broad SMARTS) is 2. The molecule has 2 aromatic rings. The van der Waals surface area contributed by atoms with Crippen LogP contribution in [0, 0.1) is 0 Å². The van der Waals surface area contributed by atoms with Crippen LogP contribution in [0.15, 0.2) is 54.1 Å². The first-order chi connectivity index (χ1) is 11.9. The maximum absolute atomic E-state index is 11.8. The maximum atomic E-state index is 11.8. The molecule has 2 N–H and O–H groups in total. The molecule has 6 heteroatoms. The predicted octanol–water partition coefficient (Wildman–Crippen LogP) is 2.41. The first kappa shape index (κ1) is 17.0. The smallest absolute Gasteiger partial charge is 0.334 e. The zero-order chi connectivity index (χ0) is 18.2. The van der Waals surface area contributed by atoms with Gasteiger partial charge >= 0.3 is 11.9 Å². The fraction of sp³-hybridized carbons (Fsp3) is 0.263. The molecule has 0 fully saturated rings. The first-order valence-electron chi connectivity index (χ1n) is 8.00. The van der Waals surface area contributed by atoms with Gasteiger partial charge in [-0.25, -0.2) is 9.59 Å². The van der Waals surface area contributed by atoms with Crippen molar-refractivity contribution in [1.82, 2.24) is 9.47 Å². The maximum Gasteiger partial charge on any atom is 0.334 e. The first-order valence-corrected chi connectivity index (χ1v) is 8.00. The molecule has 1 aromatic carbocycles. The molecule has 6 nitrogen and oxygen atoms in total. The molecule has 3 rings (SSSR count). The number of likely N-dealkylation sites (N-methyl/N-ethyl adjacent to an activating group) is 1. The molecule has 0 radical (unpaired) electrons. The summed E-state index contributed by atoms with van der Waals surface area (Å²) in [6.45, 7) is 3.08. The standard InChI is InChI=1S/C19H20N2O4/c1-19(14(18(24)25)12-17(22)23)16-9-8-15(13-6-4-3-5-7-13)21(16)11-10-20(19)2/h3-9,12H,10-11H2,1-2H3,(H,22,23)(H,24,25). The number of hydrogen-bond acceptors (Lipinski definition) is 3. The van der Waals surface area contributed by atoms with Crippen LogP contribution in [0.3, 0.4) is 0 Å². The van der Waals surface area contributed by atoms with Gasteiger partial charge in [0.25, 0.3) is 0 Å². The molecule has 0 saturated heterocycles. The van der Waals surface area contributed by atoms with E-state index in [0.29, 0.717) is 13.1 Å². The van der Waals surface area contributed by atoms with E-state index in [1.54, 1.807) is 6.92 Å². The van der Waals surface area contributed by atoms with Crippen LogP contribution in [-0.4, -0.2) is 45.2 Å². The van der Waals surface area contributed by atoms with Gasteiger partial charge < -0.3 is 14.8 Å². The molecule has 0 saturated carbocycles. The number of aliphatic carboxylic acids is 2. The van der Waals surface area contributed by atoms with E-state index in [2.05, 4.69) is 4.57 Å². The van der Waals surface area contributed by atoms with Crippen LogP contribution in [0.5, 0.6) is 0 Å². The van der Waals surface area contributed by atoms with E-state index < -0.39 is 17.5 Å². The molecular weight excluding hydrogens is 320 g/mol. The predicted molar refractivity (Wildman–Crippen MR) is 93.2 cm³/mol. The van der Waals surface area contributed by atoms with Crippen LogP contribution in [0.2, 0.25) is 0 Å². The number of rotatable bonds is 4. The van der Waals surface area contributed by atoms with Crippen LogP contribution in [-0.2, 0) is 21.7 Å². The molecule has 25 heavy (non-hydrogen) atoms. The summed E-state index contributed by atoms with van der Waals surface area (Å²) in [7, 11) is 1.82. The van der Waals surface area contributed by atoms with Crippen molar-refractivity contribution in [1.29, 1.82) is 0 Å². The average molecular weight is 340 g/mol. The summed E-state index contributed by atoms with van der Waals surface area (Å²) in [5.74, 6) is -2.49. The largest absolute Gasteiger partial charge is 0.478 e. The minimum atomic E-state index is -1.26. The minimum absolute atomic E-state index is 0.152. The van der Waals surface area contributed by atoms with E-state index in [4.69, 9.17) is 5.11 Å². The summed E-state index contributed by atoms with van der Waals surface area (Å²) >= 11 is 0. The third-order valence-electron chi connectivity index (χ3n) is 4.99. The van der Waals surface area contributed by atoms with Gasteiger partial charge in [0.15, 0.2) is 0 Å². The molecule has 1 aromatic heterocycles. The van der Waals surface area contributed by atoms with Crippen molar-refractivity contribution >= 4 is 11.9 Å². The van der Waals surface area contributed by atoms with E-state index in [0.717, 1.165) is 23.0 Å². The summed E-state index contributed by atoms with van der Waals surface area (Å²) in [5, 5.41) is 18.8. The number of benzene rings is 1. The molecule has 1 unspecified atom stereocenters. The fourth-order valence-electron chi connectivity index (χ4n) is 3.54. The lowest BCUT2D eigenvalue weighted by Crippen LogP contribution is -2.51. The molecule has 1 aliphatic rings. The number of carbonyl (C=O) groups is 2. The molecule has 1 aliphatic heterocycles. The number of hydrogen-bond donors (Lipinski definition) is 2. The van der Waals surface area contributed by atoms with Gasteiger partial charge in [0, 0.05) is 30.6 Å². The van der Waals surface area contributed by atoms with E-state index in [1.165, 1.54) is 0 Å². The fourth-order valence-corrected chi connectivity index (χ4v) is 3.54. The zero-order valence-corrected chi connectivity index (χ0v) is 14.1. The van der Waals surface area contributed by atoms with E-state index >= 15 is 0 Å². The van der Waals surface area contributed by atoms with Crippen molar-refractivity contribution in [3.8, 4) is 11.3 Å². The second-order valence-electron chi connectivity index (χ2n) is 6.32. The third kappa shape index (κ3) is 2.74. The lowest BCUT2D eigenvalue weighted by molar-refractivity contribution is -0.136. The molecule has 1 atom stereocenters.